The first-order valence-corrected chi connectivity index (χ1v) is 11.0. The van der Waals surface area contributed by atoms with Gasteiger partial charge < -0.3 is 20.3 Å². The summed E-state index contributed by atoms with van der Waals surface area (Å²) < 4.78 is 5.17. The van der Waals surface area contributed by atoms with Crippen molar-refractivity contribution in [1.29, 1.82) is 0 Å². The minimum Gasteiger partial charge on any atom is -0.466 e. The lowest BCUT2D eigenvalue weighted by molar-refractivity contribution is -0.147. The molecule has 1 saturated heterocycles. The third-order valence-corrected chi connectivity index (χ3v) is 5.80. The molecule has 1 saturated carbocycles. The van der Waals surface area contributed by atoms with Crippen molar-refractivity contribution in [2.24, 2.45) is 5.92 Å². The molecule has 2 N–H and O–H groups in total. The zero-order valence-corrected chi connectivity index (χ0v) is 17.7. The average molecular weight is 412 g/mol. The fourth-order valence-electron chi connectivity index (χ4n) is 3.77. The van der Waals surface area contributed by atoms with E-state index >= 15 is 0 Å². The van der Waals surface area contributed by atoms with E-state index in [0.29, 0.717) is 32.0 Å². The number of carbonyl (C=O) groups excluding carboxylic acids is 3. The van der Waals surface area contributed by atoms with Crippen molar-refractivity contribution in [1.82, 2.24) is 15.5 Å². The number of hydrogen-bond donors (Lipinski definition) is 2. The van der Waals surface area contributed by atoms with Gasteiger partial charge in [-0.15, -0.1) is 0 Å². The van der Waals surface area contributed by atoms with Crippen LogP contribution in [0.4, 0.5) is 0 Å². The number of rotatable bonds is 8. The van der Waals surface area contributed by atoms with Gasteiger partial charge in [0.25, 0.3) is 0 Å². The first-order valence-electron chi connectivity index (χ1n) is 10.5. The summed E-state index contributed by atoms with van der Waals surface area (Å²) in [6, 6.07) is -0.742. The van der Waals surface area contributed by atoms with Crippen LogP contribution in [0.1, 0.15) is 71.1 Å². The Morgan fingerprint density at radius 3 is 2.75 bits per heavy atom. The van der Waals surface area contributed by atoms with Crippen molar-refractivity contribution < 1.29 is 19.1 Å². The normalized spacial score (nSPS) is 20.4. The molecule has 0 radical (unpaired) electrons. The zero-order valence-electron chi connectivity index (χ0n) is 16.8. The van der Waals surface area contributed by atoms with Gasteiger partial charge in [0.15, 0.2) is 5.11 Å². The van der Waals surface area contributed by atoms with E-state index in [9.17, 15) is 14.4 Å². The molecule has 0 aromatic rings. The third-order valence-electron chi connectivity index (χ3n) is 5.46. The van der Waals surface area contributed by atoms with Crippen molar-refractivity contribution >= 4 is 35.1 Å². The van der Waals surface area contributed by atoms with Gasteiger partial charge in [0.1, 0.15) is 6.04 Å². The summed E-state index contributed by atoms with van der Waals surface area (Å²) in [5, 5.41) is 5.72. The number of piperazine rings is 1. The van der Waals surface area contributed by atoms with Gasteiger partial charge in [-0.25, -0.2) is 0 Å². The van der Waals surface area contributed by atoms with Gasteiger partial charge in [0, 0.05) is 19.5 Å². The molecule has 1 aliphatic carbocycles. The van der Waals surface area contributed by atoms with Gasteiger partial charge in [-0.05, 0) is 31.0 Å². The van der Waals surface area contributed by atoms with Crippen molar-refractivity contribution in [3.05, 3.63) is 0 Å². The molecule has 0 spiro atoms. The monoisotopic (exact) mass is 411 g/mol. The second kappa shape index (κ2) is 12.0. The van der Waals surface area contributed by atoms with E-state index in [-0.39, 0.29) is 23.3 Å². The minimum atomic E-state index is -0.742. The third kappa shape index (κ3) is 7.37. The predicted octanol–water partition coefficient (Wildman–Crippen LogP) is 2.28. The Morgan fingerprint density at radius 2 is 2.04 bits per heavy atom. The van der Waals surface area contributed by atoms with Crippen LogP contribution in [0.15, 0.2) is 0 Å². The standard InChI is InChI=1S/C20H33N3O4S/c1-2-3-13-27-18(25)14-16-19(26)21-11-12-23(16)20(28)22-17(24)10-9-15-7-5-4-6-8-15/h15-16H,2-14H2,1H3,(H,21,26)(H,22,24,28). The van der Waals surface area contributed by atoms with E-state index in [1.165, 1.54) is 32.1 Å². The Labute approximate surface area is 172 Å². The first kappa shape index (κ1) is 22.6. The molecular formula is C20H33N3O4S. The summed E-state index contributed by atoms with van der Waals surface area (Å²) in [5.74, 6) is -0.185. The minimum absolute atomic E-state index is 0.0758. The molecule has 2 aliphatic rings. The van der Waals surface area contributed by atoms with Crippen molar-refractivity contribution in [2.75, 3.05) is 19.7 Å². The Morgan fingerprint density at radius 1 is 1.29 bits per heavy atom. The molecule has 2 fully saturated rings. The lowest BCUT2D eigenvalue weighted by Crippen LogP contribution is -2.60. The smallest absolute Gasteiger partial charge is 0.308 e. The summed E-state index contributed by atoms with van der Waals surface area (Å²) in [7, 11) is 0. The van der Waals surface area contributed by atoms with Crippen molar-refractivity contribution in [2.45, 2.75) is 77.2 Å². The van der Waals surface area contributed by atoms with Crippen LogP contribution in [0.5, 0.6) is 0 Å². The Kier molecular flexibility index (Phi) is 9.67. The first-order chi connectivity index (χ1) is 13.5. The Bertz CT molecular complexity index is 564. The summed E-state index contributed by atoms with van der Waals surface area (Å²) in [6.07, 6.45) is 9.17. The SMILES string of the molecule is CCCCOC(=O)CC1C(=O)NCCN1C(=S)NC(=O)CCC1CCCCC1. The molecule has 0 aromatic heterocycles. The predicted molar refractivity (Wildman–Crippen MR) is 111 cm³/mol. The van der Waals surface area contributed by atoms with Crippen molar-refractivity contribution in [3.63, 3.8) is 0 Å². The van der Waals surface area contributed by atoms with Gasteiger partial charge in [-0.1, -0.05) is 45.4 Å². The number of ether oxygens (including phenoxy) is 1. The molecule has 0 bridgehead atoms. The molecular weight excluding hydrogens is 378 g/mol. The zero-order chi connectivity index (χ0) is 20.4. The molecule has 1 atom stereocenters. The number of hydrogen-bond acceptors (Lipinski definition) is 5. The number of carbonyl (C=O) groups is 3. The summed E-state index contributed by atoms with van der Waals surface area (Å²) >= 11 is 5.37. The van der Waals surface area contributed by atoms with Gasteiger partial charge in [-0.2, -0.15) is 0 Å². The van der Waals surface area contributed by atoms with Gasteiger partial charge >= 0.3 is 5.97 Å². The number of thiocarbonyl (C=S) groups is 1. The molecule has 7 nitrogen and oxygen atoms in total. The summed E-state index contributed by atoms with van der Waals surface area (Å²) in [4.78, 5) is 38.2. The van der Waals surface area contributed by atoms with E-state index in [2.05, 4.69) is 10.6 Å². The average Bonchev–Trinajstić information content (AvgIpc) is 2.69. The Hall–Kier alpha value is -1.70. The van der Waals surface area contributed by atoms with Crippen LogP contribution >= 0.6 is 12.2 Å². The van der Waals surface area contributed by atoms with E-state index in [1.807, 2.05) is 6.92 Å². The highest BCUT2D eigenvalue weighted by Gasteiger charge is 2.34. The quantitative estimate of drug-likeness (QED) is 0.362. The van der Waals surface area contributed by atoms with Gasteiger partial charge in [0.2, 0.25) is 11.8 Å². The fourth-order valence-corrected chi connectivity index (χ4v) is 4.10. The number of nitrogens with one attached hydrogen (secondary N) is 2. The molecule has 1 heterocycles. The number of unbranched alkanes of at least 4 members (excludes halogenated alkanes) is 1. The van der Waals surface area contributed by atoms with Crippen LogP contribution in [-0.2, 0) is 19.1 Å². The molecule has 2 rings (SSSR count). The van der Waals surface area contributed by atoms with Gasteiger partial charge in [-0.3, -0.25) is 14.4 Å². The van der Waals surface area contributed by atoms with Crippen LogP contribution in [0, 0.1) is 5.92 Å². The van der Waals surface area contributed by atoms with Crippen LogP contribution < -0.4 is 10.6 Å². The van der Waals surface area contributed by atoms with Crippen LogP contribution in [0.2, 0.25) is 0 Å². The molecule has 8 heteroatoms. The maximum Gasteiger partial charge on any atom is 0.308 e. The van der Waals surface area contributed by atoms with Crippen LogP contribution in [-0.4, -0.2) is 53.5 Å². The molecule has 0 aromatic carbocycles. The fraction of sp³-hybridized carbons (Fsp3) is 0.800. The van der Waals surface area contributed by atoms with Crippen molar-refractivity contribution in [3.8, 4) is 0 Å². The number of nitrogens with zero attached hydrogens (tertiary/aromatic N) is 1. The van der Waals surface area contributed by atoms with Crippen LogP contribution in [0.25, 0.3) is 0 Å². The second-order valence-corrected chi connectivity index (χ2v) is 8.06. The largest absolute Gasteiger partial charge is 0.466 e. The van der Waals surface area contributed by atoms with E-state index in [1.54, 1.807) is 4.90 Å². The van der Waals surface area contributed by atoms with Crippen LogP contribution in [0.3, 0.4) is 0 Å². The number of esters is 1. The molecule has 1 unspecified atom stereocenters. The van der Waals surface area contributed by atoms with E-state index in [0.717, 1.165) is 19.3 Å². The summed E-state index contributed by atoms with van der Waals surface area (Å²) in [5.41, 5.74) is 0. The lowest BCUT2D eigenvalue weighted by atomic mass is 9.86. The van der Waals surface area contributed by atoms with E-state index < -0.39 is 12.0 Å². The summed E-state index contributed by atoms with van der Waals surface area (Å²) in [6.45, 7) is 3.25. The highest BCUT2D eigenvalue weighted by Crippen LogP contribution is 2.27. The second-order valence-electron chi connectivity index (χ2n) is 7.67. The lowest BCUT2D eigenvalue weighted by Gasteiger charge is -2.36. The van der Waals surface area contributed by atoms with Gasteiger partial charge in [0.05, 0.1) is 13.0 Å². The maximum absolute atomic E-state index is 12.3. The Balaban J connectivity index is 1.82. The highest BCUT2D eigenvalue weighted by atomic mass is 32.1. The molecule has 28 heavy (non-hydrogen) atoms. The molecule has 158 valence electrons. The highest BCUT2D eigenvalue weighted by molar-refractivity contribution is 7.80. The number of amides is 2. The van der Waals surface area contributed by atoms with E-state index in [4.69, 9.17) is 17.0 Å². The topological polar surface area (TPSA) is 87.7 Å². The maximum atomic E-state index is 12.3. The molecule has 2 amide bonds. The molecule has 1 aliphatic heterocycles.